The van der Waals surface area contributed by atoms with Crippen molar-refractivity contribution in [3.8, 4) is 17.0 Å². The quantitative estimate of drug-likeness (QED) is 0.422. The number of anilines is 1. The third-order valence-corrected chi connectivity index (χ3v) is 5.83. The molecule has 0 bridgehead atoms. The molecule has 0 amide bonds. The number of phenols is 1. The smallest absolute Gasteiger partial charge is 0.419 e. The first-order valence-electron chi connectivity index (χ1n) is 10.5. The van der Waals surface area contributed by atoms with Gasteiger partial charge in [0.2, 0.25) is 5.95 Å². The molecule has 0 spiro atoms. The van der Waals surface area contributed by atoms with Gasteiger partial charge in [0.05, 0.1) is 24.1 Å². The molecule has 0 radical (unpaired) electrons. The topological polar surface area (TPSA) is 76.3 Å². The number of benzene rings is 2. The van der Waals surface area contributed by atoms with E-state index in [1.54, 1.807) is 0 Å². The lowest BCUT2D eigenvalue weighted by Gasteiger charge is -2.33. The van der Waals surface area contributed by atoms with Gasteiger partial charge in [-0.25, -0.2) is 18.4 Å². The van der Waals surface area contributed by atoms with Gasteiger partial charge in [-0.1, -0.05) is 30.3 Å². The Balaban J connectivity index is 1.54. The number of halogens is 5. The zero-order chi connectivity index (χ0) is 24.9. The van der Waals surface area contributed by atoms with Crippen LogP contribution in [0.2, 0.25) is 0 Å². The molecule has 2 aromatic carbocycles. The first-order chi connectivity index (χ1) is 16.6. The van der Waals surface area contributed by atoms with Gasteiger partial charge in [0.1, 0.15) is 11.8 Å². The largest absolute Gasteiger partial charge is 0.503 e. The van der Waals surface area contributed by atoms with Crippen molar-refractivity contribution in [2.24, 2.45) is 7.05 Å². The number of hydrogen-bond donors (Lipinski definition) is 1. The Bertz CT molecular complexity index is 1410. The molecule has 1 aliphatic rings. The van der Waals surface area contributed by atoms with E-state index in [-0.39, 0.29) is 28.9 Å². The SMILES string of the molecule is Cn1nc(-c2cc(C(F)(F)F)c(F)c(O)c2F)c2cnc(N3CCO[C@@H](c4ccccc4)C3)nc21. The molecule has 0 unspecified atom stereocenters. The molecule has 0 aliphatic carbocycles. The van der Waals surface area contributed by atoms with Crippen LogP contribution in [0.1, 0.15) is 17.2 Å². The summed E-state index contributed by atoms with van der Waals surface area (Å²) in [4.78, 5) is 10.7. The summed E-state index contributed by atoms with van der Waals surface area (Å²) in [6.07, 6.45) is -4.03. The maximum absolute atomic E-state index is 14.7. The van der Waals surface area contributed by atoms with Gasteiger partial charge in [0, 0.05) is 25.4 Å². The molecule has 7 nitrogen and oxygen atoms in total. The van der Waals surface area contributed by atoms with Gasteiger partial charge in [0.15, 0.2) is 23.0 Å². The van der Waals surface area contributed by atoms with Crippen LogP contribution in [-0.2, 0) is 18.0 Å². The fraction of sp³-hybridized carbons (Fsp3) is 0.261. The van der Waals surface area contributed by atoms with Gasteiger partial charge < -0.3 is 14.7 Å². The Labute approximate surface area is 195 Å². The van der Waals surface area contributed by atoms with E-state index in [2.05, 4.69) is 15.1 Å². The number of ether oxygens (including phenoxy) is 1. The molecule has 2 aromatic heterocycles. The van der Waals surface area contributed by atoms with Crippen LogP contribution < -0.4 is 4.90 Å². The maximum atomic E-state index is 14.7. The maximum Gasteiger partial charge on any atom is 0.419 e. The van der Waals surface area contributed by atoms with Crippen molar-refractivity contribution in [1.82, 2.24) is 19.7 Å². The Morgan fingerprint density at radius 2 is 1.86 bits per heavy atom. The van der Waals surface area contributed by atoms with E-state index in [4.69, 9.17) is 4.74 Å². The molecule has 35 heavy (non-hydrogen) atoms. The second-order valence-corrected chi connectivity index (χ2v) is 8.04. The number of aromatic nitrogens is 4. The summed E-state index contributed by atoms with van der Waals surface area (Å²) >= 11 is 0. The number of phenolic OH excluding ortho intramolecular Hbond substituents is 1. The average Bonchev–Trinajstić information content (AvgIpc) is 3.18. The third kappa shape index (κ3) is 4.03. The molecule has 1 fully saturated rings. The van der Waals surface area contributed by atoms with Gasteiger partial charge >= 0.3 is 6.18 Å². The van der Waals surface area contributed by atoms with Crippen LogP contribution in [0.15, 0.2) is 42.6 Å². The minimum absolute atomic E-state index is 0.141. The van der Waals surface area contributed by atoms with Crippen molar-refractivity contribution in [3.05, 3.63) is 65.4 Å². The van der Waals surface area contributed by atoms with Crippen LogP contribution in [0.4, 0.5) is 27.9 Å². The van der Waals surface area contributed by atoms with Gasteiger partial charge in [-0.3, -0.25) is 0 Å². The van der Waals surface area contributed by atoms with Gasteiger partial charge in [-0.15, -0.1) is 0 Å². The van der Waals surface area contributed by atoms with Gasteiger partial charge in [-0.05, 0) is 11.6 Å². The van der Waals surface area contributed by atoms with Crippen LogP contribution >= 0.6 is 0 Å². The molecular formula is C23H18F5N5O2. The number of hydrogen-bond acceptors (Lipinski definition) is 6. The van der Waals surface area contributed by atoms with E-state index in [0.717, 1.165) is 5.56 Å². The van der Waals surface area contributed by atoms with E-state index in [0.29, 0.717) is 25.6 Å². The predicted molar refractivity (Wildman–Crippen MR) is 116 cm³/mol. The average molecular weight is 491 g/mol. The summed E-state index contributed by atoms with van der Waals surface area (Å²) in [6.45, 7) is 1.41. The van der Waals surface area contributed by atoms with Crippen molar-refractivity contribution < 1.29 is 31.8 Å². The molecule has 1 saturated heterocycles. The van der Waals surface area contributed by atoms with Crippen molar-refractivity contribution in [2.75, 3.05) is 24.6 Å². The summed E-state index contributed by atoms with van der Waals surface area (Å²) in [5, 5.41) is 13.9. The lowest BCUT2D eigenvalue weighted by Crippen LogP contribution is -2.39. The fourth-order valence-electron chi connectivity index (χ4n) is 4.08. The summed E-state index contributed by atoms with van der Waals surface area (Å²) in [5.74, 6) is -5.03. The highest BCUT2D eigenvalue weighted by atomic mass is 19.4. The highest BCUT2D eigenvalue weighted by Gasteiger charge is 2.38. The minimum atomic E-state index is -5.15. The van der Waals surface area contributed by atoms with E-state index >= 15 is 0 Å². The summed E-state index contributed by atoms with van der Waals surface area (Å²) < 4.78 is 75.4. The van der Waals surface area contributed by atoms with Crippen LogP contribution in [0, 0.1) is 11.6 Å². The summed E-state index contributed by atoms with van der Waals surface area (Å²) in [5.41, 5.74) is -1.55. The molecule has 3 heterocycles. The number of nitrogens with zero attached hydrogens (tertiary/aromatic N) is 5. The molecule has 182 valence electrons. The van der Waals surface area contributed by atoms with Crippen molar-refractivity contribution >= 4 is 17.0 Å². The molecule has 12 heteroatoms. The number of aryl methyl sites for hydroxylation is 1. The summed E-state index contributed by atoms with van der Waals surface area (Å²) in [6, 6.07) is 9.91. The first kappa shape index (κ1) is 23.0. The molecular weight excluding hydrogens is 473 g/mol. The zero-order valence-corrected chi connectivity index (χ0v) is 18.2. The number of rotatable bonds is 3. The highest BCUT2D eigenvalue weighted by Crippen LogP contribution is 2.41. The Morgan fingerprint density at radius 3 is 2.57 bits per heavy atom. The number of morpholine rings is 1. The van der Waals surface area contributed by atoms with E-state index < -0.39 is 34.7 Å². The van der Waals surface area contributed by atoms with Crippen LogP contribution in [0.3, 0.4) is 0 Å². The minimum Gasteiger partial charge on any atom is -0.503 e. The van der Waals surface area contributed by atoms with Gasteiger partial charge in [0.25, 0.3) is 0 Å². The standard InChI is InChI=1S/C23H18F5N5O2/c1-32-21-14(19(31-32)13-9-15(23(26,27)28)18(25)20(34)17(13)24)10-29-22(30-21)33-7-8-35-16(11-33)12-5-3-2-4-6-12/h2-6,9-10,16,34H,7-8,11H2,1H3/t16-/m1/s1. The molecule has 1 N–H and O–H groups in total. The molecule has 4 aromatic rings. The van der Waals surface area contributed by atoms with E-state index in [1.807, 2.05) is 35.2 Å². The second kappa shape index (κ2) is 8.45. The van der Waals surface area contributed by atoms with E-state index in [9.17, 15) is 27.1 Å². The van der Waals surface area contributed by atoms with Crippen molar-refractivity contribution in [2.45, 2.75) is 12.3 Å². The van der Waals surface area contributed by atoms with Gasteiger partial charge in [-0.2, -0.15) is 23.3 Å². The predicted octanol–water partition coefficient (Wildman–Crippen LogP) is 4.61. The van der Waals surface area contributed by atoms with Crippen LogP contribution in [0.5, 0.6) is 5.75 Å². The monoisotopic (exact) mass is 491 g/mol. The third-order valence-electron chi connectivity index (χ3n) is 5.83. The normalized spacial score (nSPS) is 16.7. The Morgan fingerprint density at radius 1 is 1.11 bits per heavy atom. The van der Waals surface area contributed by atoms with Crippen LogP contribution in [0.25, 0.3) is 22.3 Å². The summed E-state index contributed by atoms with van der Waals surface area (Å²) in [7, 11) is 1.49. The fourth-order valence-corrected chi connectivity index (χ4v) is 4.08. The number of alkyl halides is 3. The van der Waals surface area contributed by atoms with E-state index in [1.165, 1.54) is 17.9 Å². The second-order valence-electron chi connectivity index (χ2n) is 8.04. The number of aromatic hydroxyl groups is 1. The first-order valence-corrected chi connectivity index (χ1v) is 10.5. The molecule has 1 atom stereocenters. The van der Waals surface area contributed by atoms with Crippen LogP contribution in [-0.4, -0.2) is 44.6 Å². The Kier molecular flexibility index (Phi) is 5.55. The highest BCUT2D eigenvalue weighted by molar-refractivity contribution is 5.91. The molecule has 5 rings (SSSR count). The molecule has 1 aliphatic heterocycles. The lowest BCUT2D eigenvalue weighted by atomic mass is 10.0. The molecule has 0 saturated carbocycles. The lowest BCUT2D eigenvalue weighted by molar-refractivity contribution is -0.140. The van der Waals surface area contributed by atoms with Crippen molar-refractivity contribution in [3.63, 3.8) is 0 Å². The number of fused-ring (bicyclic) bond motifs is 1. The Hall–Kier alpha value is -3.80. The zero-order valence-electron chi connectivity index (χ0n) is 18.2. The van der Waals surface area contributed by atoms with Crippen molar-refractivity contribution in [1.29, 1.82) is 0 Å².